The van der Waals surface area contributed by atoms with Crippen LogP contribution in [0, 0.1) is 6.92 Å². The number of halogens is 1. The summed E-state index contributed by atoms with van der Waals surface area (Å²) in [7, 11) is 0. The number of nitrogens with two attached hydrogens (primary N) is 1. The molecule has 2 rings (SSSR count). The van der Waals surface area contributed by atoms with Crippen LogP contribution in [0.2, 0.25) is 0 Å². The zero-order chi connectivity index (χ0) is 15.0. The Morgan fingerprint density at radius 2 is 1.70 bits per heavy atom. The third kappa shape index (κ3) is 4.99. The third-order valence-electron chi connectivity index (χ3n) is 2.85. The third-order valence-corrected chi connectivity index (χ3v) is 3.50. The molecular formula is C17H23BrN2. The van der Waals surface area contributed by atoms with Crippen LogP contribution in [0.5, 0.6) is 0 Å². The summed E-state index contributed by atoms with van der Waals surface area (Å²) in [4.78, 5) is 0. The number of nitrogens with one attached hydrogen (secondary N) is 1. The van der Waals surface area contributed by atoms with Crippen molar-refractivity contribution >= 4 is 21.6 Å². The SMILES string of the molecule is CC.Cc1cc(Br)c(N)c(CNCc2ccccc2)c1. The standard InChI is InChI=1S/C15H17BrN2.C2H6/c1-11-7-13(15(17)14(16)8-11)10-18-9-12-5-3-2-4-6-12;1-2/h2-8,18H,9-10,17H2,1H3;1-2H3. The van der Waals surface area contributed by atoms with Crippen molar-refractivity contribution in [2.45, 2.75) is 33.9 Å². The minimum atomic E-state index is 0.779. The molecule has 0 saturated carbocycles. The Bertz CT molecular complexity index is 524. The number of hydrogen-bond acceptors (Lipinski definition) is 2. The van der Waals surface area contributed by atoms with Gasteiger partial charge in [0.1, 0.15) is 0 Å². The normalized spacial score (nSPS) is 9.80. The van der Waals surface area contributed by atoms with Gasteiger partial charge in [0.25, 0.3) is 0 Å². The van der Waals surface area contributed by atoms with E-state index in [0.29, 0.717) is 0 Å². The number of anilines is 1. The maximum Gasteiger partial charge on any atom is 0.0504 e. The minimum absolute atomic E-state index is 0.779. The average molecular weight is 335 g/mol. The lowest BCUT2D eigenvalue weighted by Gasteiger charge is -2.10. The highest BCUT2D eigenvalue weighted by atomic mass is 79.9. The van der Waals surface area contributed by atoms with E-state index in [2.05, 4.69) is 58.5 Å². The largest absolute Gasteiger partial charge is 0.398 e. The van der Waals surface area contributed by atoms with Gasteiger partial charge in [0, 0.05) is 17.6 Å². The summed E-state index contributed by atoms with van der Waals surface area (Å²) in [6, 6.07) is 14.5. The Labute approximate surface area is 130 Å². The molecule has 2 aromatic rings. The Hall–Kier alpha value is -1.32. The van der Waals surface area contributed by atoms with Crippen LogP contribution in [0.1, 0.15) is 30.5 Å². The van der Waals surface area contributed by atoms with Crippen LogP contribution in [0.3, 0.4) is 0 Å². The monoisotopic (exact) mass is 334 g/mol. The Kier molecular flexibility index (Phi) is 7.34. The van der Waals surface area contributed by atoms with Gasteiger partial charge in [-0.15, -0.1) is 0 Å². The molecular weight excluding hydrogens is 312 g/mol. The fourth-order valence-electron chi connectivity index (χ4n) is 1.91. The first kappa shape index (κ1) is 16.7. The molecule has 0 amide bonds. The number of hydrogen-bond donors (Lipinski definition) is 2. The summed E-state index contributed by atoms with van der Waals surface area (Å²) in [6.45, 7) is 7.71. The molecule has 2 aromatic carbocycles. The topological polar surface area (TPSA) is 38.0 Å². The highest BCUT2D eigenvalue weighted by Gasteiger charge is 2.04. The van der Waals surface area contributed by atoms with Gasteiger partial charge in [-0.1, -0.05) is 50.2 Å². The quantitative estimate of drug-likeness (QED) is 0.798. The molecule has 0 radical (unpaired) electrons. The van der Waals surface area contributed by atoms with Gasteiger partial charge in [0.15, 0.2) is 0 Å². The maximum atomic E-state index is 6.04. The second-order valence-corrected chi connectivity index (χ2v) is 5.26. The molecule has 20 heavy (non-hydrogen) atoms. The van der Waals surface area contributed by atoms with Crippen molar-refractivity contribution in [1.29, 1.82) is 0 Å². The van der Waals surface area contributed by atoms with Crippen molar-refractivity contribution in [3.8, 4) is 0 Å². The van der Waals surface area contributed by atoms with Crippen LogP contribution in [-0.2, 0) is 13.1 Å². The Balaban J connectivity index is 0.000000956. The molecule has 0 aliphatic heterocycles. The summed E-state index contributed by atoms with van der Waals surface area (Å²) in [5.41, 5.74) is 10.5. The summed E-state index contributed by atoms with van der Waals surface area (Å²) < 4.78 is 0.971. The molecule has 3 heteroatoms. The molecule has 0 saturated heterocycles. The van der Waals surface area contributed by atoms with Gasteiger partial charge < -0.3 is 11.1 Å². The summed E-state index contributed by atoms with van der Waals surface area (Å²) in [5.74, 6) is 0. The summed E-state index contributed by atoms with van der Waals surface area (Å²) in [5, 5.41) is 3.41. The molecule has 0 aliphatic carbocycles. The van der Waals surface area contributed by atoms with Gasteiger partial charge in [-0.2, -0.15) is 0 Å². The zero-order valence-corrected chi connectivity index (χ0v) is 14.0. The van der Waals surface area contributed by atoms with Gasteiger partial charge in [0.2, 0.25) is 0 Å². The average Bonchev–Trinajstić information content (AvgIpc) is 2.47. The van der Waals surface area contributed by atoms with Crippen molar-refractivity contribution in [2.75, 3.05) is 5.73 Å². The summed E-state index contributed by atoms with van der Waals surface area (Å²) >= 11 is 3.48. The van der Waals surface area contributed by atoms with Crippen LogP contribution in [-0.4, -0.2) is 0 Å². The first-order chi connectivity index (χ1) is 9.66. The van der Waals surface area contributed by atoms with Gasteiger partial charge in [0.05, 0.1) is 5.69 Å². The zero-order valence-electron chi connectivity index (χ0n) is 12.4. The predicted molar refractivity (Wildman–Crippen MR) is 91.6 cm³/mol. The van der Waals surface area contributed by atoms with E-state index in [4.69, 9.17) is 5.73 Å². The second-order valence-electron chi connectivity index (χ2n) is 4.41. The fourth-order valence-corrected chi connectivity index (χ4v) is 2.52. The van der Waals surface area contributed by atoms with Crippen molar-refractivity contribution in [1.82, 2.24) is 5.32 Å². The van der Waals surface area contributed by atoms with E-state index in [0.717, 1.165) is 28.8 Å². The molecule has 0 aliphatic rings. The van der Waals surface area contributed by atoms with E-state index in [1.807, 2.05) is 26.0 Å². The molecule has 0 bridgehead atoms. The van der Waals surface area contributed by atoms with Crippen LogP contribution >= 0.6 is 15.9 Å². The molecule has 0 atom stereocenters. The molecule has 0 unspecified atom stereocenters. The molecule has 2 nitrogen and oxygen atoms in total. The first-order valence-electron chi connectivity index (χ1n) is 6.96. The summed E-state index contributed by atoms with van der Waals surface area (Å²) in [6.07, 6.45) is 0. The minimum Gasteiger partial charge on any atom is -0.398 e. The van der Waals surface area contributed by atoms with Crippen LogP contribution in [0.4, 0.5) is 5.69 Å². The van der Waals surface area contributed by atoms with Gasteiger partial charge >= 0.3 is 0 Å². The van der Waals surface area contributed by atoms with Gasteiger partial charge in [-0.3, -0.25) is 0 Å². The number of rotatable bonds is 4. The van der Waals surface area contributed by atoms with Crippen LogP contribution in [0.15, 0.2) is 46.9 Å². The molecule has 108 valence electrons. The number of nitrogen functional groups attached to an aromatic ring is 1. The molecule has 0 heterocycles. The molecule has 3 N–H and O–H groups in total. The van der Waals surface area contributed by atoms with E-state index >= 15 is 0 Å². The van der Waals surface area contributed by atoms with E-state index in [9.17, 15) is 0 Å². The van der Waals surface area contributed by atoms with Crippen LogP contribution in [0.25, 0.3) is 0 Å². The van der Waals surface area contributed by atoms with E-state index in [1.54, 1.807) is 0 Å². The van der Waals surface area contributed by atoms with Crippen LogP contribution < -0.4 is 11.1 Å². The fraction of sp³-hybridized carbons (Fsp3) is 0.294. The van der Waals surface area contributed by atoms with E-state index < -0.39 is 0 Å². The molecule has 0 aromatic heterocycles. The molecule has 0 fully saturated rings. The van der Waals surface area contributed by atoms with Gasteiger partial charge in [-0.05, 0) is 45.6 Å². The highest BCUT2D eigenvalue weighted by Crippen LogP contribution is 2.25. The van der Waals surface area contributed by atoms with E-state index in [1.165, 1.54) is 11.1 Å². The van der Waals surface area contributed by atoms with Crippen molar-refractivity contribution < 1.29 is 0 Å². The molecule has 0 spiro atoms. The smallest absolute Gasteiger partial charge is 0.0504 e. The van der Waals surface area contributed by atoms with E-state index in [-0.39, 0.29) is 0 Å². The lowest BCUT2D eigenvalue weighted by atomic mass is 10.1. The Morgan fingerprint density at radius 3 is 2.35 bits per heavy atom. The van der Waals surface area contributed by atoms with Crippen molar-refractivity contribution in [3.63, 3.8) is 0 Å². The highest BCUT2D eigenvalue weighted by molar-refractivity contribution is 9.10. The van der Waals surface area contributed by atoms with Crippen molar-refractivity contribution in [3.05, 3.63) is 63.6 Å². The maximum absolute atomic E-state index is 6.04. The first-order valence-corrected chi connectivity index (χ1v) is 7.75. The lowest BCUT2D eigenvalue weighted by molar-refractivity contribution is 0.694. The van der Waals surface area contributed by atoms with Crippen molar-refractivity contribution in [2.24, 2.45) is 0 Å². The predicted octanol–water partition coefficient (Wildman–Crippen LogP) is 4.66. The van der Waals surface area contributed by atoms with Gasteiger partial charge in [-0.25, -0.2) is 0 Å². The Morgan fingerprint density at radius 1 is 1.05 bits per heavy atom. The lowest BCUT2D eigenvalue weighted by Crippen LogP contribution is -2.14. The number of benzene rings is 2. The number of aryl methyl sites for hydroxylation is 1. The second kappa shape index (κ2) is 8.77.